The Labute approximate surface area is 560 Å². The zero-order valence-electron chi connectivity index (χ0n) is 68.3. The van der Waals surface area contributed by atoms with Crippen molar-refractivity contribution in [3.05, 3.63) is 265 Å². The largest absolute Gasteiger partial charge is 0.334 e. The van der Waals surface area contributed by atoms with Gasteiger partial charge in [0.2, 0.25) is 0 Å². The quantitative estimate of drug-likeness (QED) is 0.111. The second kappa shape index (κ2) is 21.7. The minimum Gasteiger partial charge on any atom is -0.334 e. The van der Waals surface area contributed by atoms with Gasteiger partial charge in [0.1, 0.15) is 0 Å². The zero-order valence-corrected chi connectivity index (χ0v) is 52.3. The van der Waals surface area contributed by atoms with Gasteiger partial charge >= 0.3 is 0 Å². The molecule has 10 aromatic carbocycles. The van der Waals surface area contributed by atoms with E-state index in [-0.39, 0.29) is 66.9 Å². The van der Waals surface area contributed by atoms with E-state index in [0.29, 0.717) is 17.1 Å². The predicted octanol–water partition coefficient (Wildman–Crippen LogP) is 21.1. The maximum absolute atomic E-state index is 9.80. The van der Waals surface area contributed by atoms with Gasteiger partial charge in [-0.15, -0.1) is 0 Å². The van der Waals surface area contributed by atoms with Crippen LogP contribution in [0.5, 0.6) is 0 Å². The summed E-state index contributed by atoms with van der Waals surface area (Å²) in [5.41, 5.74) is 15.3. The summed E-state index contributed by atoms with van der Waals surface area (Å²) in [5, 5.41) is -0.114. The van der Waals surface area contributed by atoms with Crippen molar-refractivity contribution in [3.63, 3.8) is 0 Å². The molecule has 446 valence electrons. The molecule has 2 aromatic heterocycles. The average Bonchev–Trinajstić information content (AvgIpc) is 1.63. The zero-order chi connectivity index (χ0) is 75.2. The lowest BCUT2D eigenvalue weighted by atomic mass is 9.33. The van der Waals surface area contributed by atoms with Gasteiger partial charge in [-0.1, -0.05) is 217 Å². The molecule has 0 fully saturated rings. The van der Waals surface area contributed by atoms with E-state index in [1.165, 1.54) is 11.1 Å². The molecule has 91 heavy (non-hydrogen) atoms. The van der Waals surface area contributed by atoms with Crippen LogP contribution in [-0.2, 0) is 10.8 Å². The first-order valence-electron chi connectivity index (χ1n) is 40.5. The van der Waals surface area contributed by atoms with Gasteiger partial charge in [0.05, 0.1) is 55.7 Å². The monoisotopic (exact) mass is 1190 g/mol. The Hall–Kier alpha value is -9.32. The van der Waals surface area contributed by atoms with Gasteiger partial charge in [0.15, 0.2) is 0 Å². The summed E-state index contributed by atoms with van der Waals surface area (Å²) in [6.07, 6.45) is 18.1. The lowest BCUT2D eigenvalue weighted by Crippen LogP contribution is -2.64. The van der Waals surface area contributed by atoms with Gasteiger partial charge in [-0.2, -0.15) is 0 Å². The van der Waals surface area contributed by atoms with Crippen LogP contribution in [0, 0.1) is 11.8 Å². The standard InChI is InChI=1S/C86H79BN4/c1-85(2,3)60-50-70(58-32-15-9-16-33-58)84(71(51-60)59-34-17-10-18-35-59)91-79-55-63(89-76-44-25-21-38-68(76)69-39-22-26-45-77(69)89)47-49-73(79)87-72-48-46-62(88-74-42-23-19-36-66(74)67-37-20-24-43-75(67)88)54-78(72)90(80-52-61(86(4,5)6)53-81(91)82(80)87)83-64(56-28-11-7-12-29-56)40-27-41-65(83)57-30-13-8-14-31-57/h7,9-11,15-26,30,32-40,42-56,65,83H,8,12-14,27-29,31,41H2,1-6H3/i19D,20D,21D,22D,23D,24D,25D,26D,36D,37D,38D,39D,42D,43D,44D,45D. The maximum atomic E-state index is 9.80. The second-order valence-corrected chi connectivity index (χ2v) is 27.6. The molecule has 0 radical (unpaired) electrons. The lowest BCUT2D eigenvalue weighted by molar-refractivity contribution is 0.392. The number of fused-ring (bicyclic) bond motifs is 10. The normalized spacial score (nSPS) is 20.6. The van der Waals surface area contributed by atoms with Crippen molar-refractivity contribution in [2.24, 2.45) is 11.8 Å². The molecule has 3 unspecified atom stereocenters. The molecular weight excluding hydrogens is 1100 g/mol. The van der Waals surface area contributed by atoms with Crippen LogP contribution in [0.25, 0.3) is 77.2 Å². The van der Waals surface area contributed by atoms with Gasteiger partial charge in [-0.3, -0.25) is 0 Å². The highest BCUT2D eigenvalue weighted by atomic mass is 15.2. The van der Waals surface area contributed by atoms with Crippen molar-refractivity contribution in [2.75, 3.05) is 9.80 Å². The van der Waals surface area contributed by atoms with Crippen molar-refractivity contribution < 1.29 is 21.9 Å². The predicted molar refractivity (Wildman–Crippen MR) is 389 cm³/mol. The Kier molecular flexibility index (Phi) is 9.81. The van der Waals surface area contributed by atoms with Crippen molar-refractivity contribution in [1.29, 1.82) is 0 Å². The van der Waals surface area contributed by atoms with Crippen molar-refractivity contribution in [3.8, 4) is 33.6 Å². The number of allylic oxidation sites excluding steroid dienone is 4. The highest BCUT2D eigenvalue weighted by Crippen LogP contribution is 2.55. The van der Waals surface area contributed by atoms with E-state index in [1.807, 2.05) is 30.3 Å². The fraction of sp³-hybridized carbons (Fsp3) is 0.233. The van der Waals surface area contributed by atoms with E-state index in [1.54, 1.807) is 9.13 Å². The molecule has 17 rings (SSSR count). The molecule has 12 aromatic rings. The molecule has 0 bridgehead atoms. The van der Waals surface area contributed by atoms with Crippen LogP contribution < -0.4 is 26.2 Å². The topological polar surface area (TPSA) is 16.3 Å². The Morgan fingerprint density at radius 2 is 0.989 bits per heavy atom. The number of hydrogen-bond donors (Lipinski definition) is 0. The van der Waals surface area contributed by atoms with Crippen LogP contribution in [0.4, 0.5) is 28.4 Å². The Morgan fingerprint density at radius 1 is 0.473 bits per heavy atom. The van der Waals surface area contributed by atoms with Crippen LogP contribution >= 0.6 is 0 Å². The van der Waals surface area contributed by atoms with Crippen molar-refractivity contribution in [1.82, 2.24) is 9.13 Å². The summed E-state index contributed by atoms with van der Waals surface area (Å²) in [6.45, 7) is 12.7. The average molecular weight is 1200 g/mol. The fourth-order valence-electron chi connectivity index (χ4n) is 16.0. The van der Waals surface area contributed by atoms with Gasteiger partial charge in [0.25, 0.3) is 6.71 Å². The Balaban J connectivity index is 1.08. The molecule has 5 aliphatic rings. The van der Waals surface area contributed by atoms with Crippen LogP contribution in [-0.4, -0.2) is 21.9 Å². The molecule has 0 spiro atoms. The summed E-state index contributed by atoms with van der Waals surface area (Å²) in [5.74, 6) is 0.203. The lowest BCUT2D eigenvalue weighted by Gasteiger charge is -2.51. The number of aromatic nitrogens is 2. The molecular formula is C86H79BN4. The molecule has 3 atom stereocenters. The van der Waals surface area contributed by atoms with Crippen molar-refractivity contribution >= 4 is 95.1 Å². The van der Waals surface area contributed by atoms with Crippen LogP contribution in [0.15, 0.2) is 253 Å². The van der Waals surface area contributed by atoms with E-state index in [4.69, 9.17) is 5.48 Å². The molecule has 4 nitrogen and oxygen atoms in total. The minimum absolute atomic E-state index is 0.0131. The third kappa shape index (κ3) is 9.07. The minimum atomic E-state index is -0.634. The van der Waals surface area contributed by atoms with E-state index >= 15 is 0 Å². The summed E-state index contributed by atoms with van der Waals surface area (Å²) >= 11 is 0. The van der Waals surface area contributed by atoms with Gasteiger partial charge < -0.3 is 18.9 Å². The van der Waals surface area contributed by atoms with E-state index in [2.05, 4.69) is 167 Å². The maximum Gasteiger partial charge on any atom is 0.252 e. The smallest absolute Gasteiger partial charge is 0.252 e. The van der Waals surface area contributed by atoms with Crippen LogP contribution in [0.2, 0.25) is 0 Å². The van der Waals surface area contributed by atoms with E-state index < -0.39 is 109 Å². The second-order valence-electron chi connectivity index (χ2n) is 27.6. The molecule has 0 saturated carbocycles. The summed E-state index contributed by atoms with van der Waals surface area (Å²) in [6, 6.07) is 34.4. The molecule has 5 heteroatoms. The molecule has 0 amide bonds. The number of anilines is 5. The number of benzene rings is 10. The van der Waals surface area contributed by atoms with Crippen LogP contribution in [0.1, 0.15) is 132 Å². The van der Waals surface area contributed by atoms with E-state index in [0.717, 1.165) is 130 Å². The highest BCUT2D eigenvalue weighted by Gasteiger charge is 2.49. The first-order chi connectivity index (χ1) is 51.1. The first-order valence-corrected chi connectivity index (χ1v) is 32.5. The third-order valence-corrected chi connectivity index (χ3v) is 20.3. The SMILES string of the molecule is [2H]c1c([2H])c([2H])c2c(c1[2H])c1c([2H])c([2H])c([2H])c([2H])c1n2-c1ccc2c(c1)N(c1c(-c3ccccc3)cc(C(C)(C)C)cc1-c1ccccc1)c1cc(C(C)(C)C)cc3c1B2c1ccc(-n2c4c([2H])c([2H])c([2H])c([2H])c4c4c([2H])c([2H])c([2H])c([2H])c42)cc1N3C1C(C2CC=CCC2)=CCCC1C1=CCCCC1. The van der Waals surface area contributed by atoms with Gasteiger partial charge in [0, 0.05) is 72.7 Å². The molecule has 3 aliphatic carbocycles. The highest BCUT2D eigenvalue weighted by molar-refractivity contribution is 7.00. The third-order valence-electron chi connectivity index (χ3n) is 20.3. The fourth-order valence-corrected chi connectivity index (χ4v) is 16.0. The van der Waals surface area contributed by atoms with Crippen molar-refractivity contribution in [2.45, 2.75) is 116 Å². The Morgan fingerprint density at radius 3 is 1.51 bits per heavy atom. The molecule has 0 saturated heterocycles. The number of para-hydroxylation sites is 4. The number of rotatable bonds is 8. The van der Waals surface area contributed by atoms with Crippen LogP contribution in [0.3, 0.4) is 0 Å². The number of nitrogens with zero attached hydrogens (tertiary/aromatic N) is 4. The van der Waals surface area contributed by atoms with Gasteiger partial charge in [-0.05, 0) is 191 Å². The summed E-state index contributed by atoms with van der Waals surface area (Å²) in [7, 11) is 0. The Bertz CT molecular complexity index is 5750. The number of hydrogen-bond acceptors (Lipinski definition) is 2. The summed E-state index contributed by atoms with van der Waals surface area (Å²) < 4.78 is 154. The molecule has 4 heterocycles. The van der Waals surface area contributed by atoms with Gasteiger partial charge in [-0.25, -0.2) is 0 Å². The molecule has 0 N–H and O–H groups in total. The summed E-state index contributed by atoms with van der Waals surface area (Å²) in [4.78, 5) is 5.01. The first kappa shape index (κ1) is 41.1. The van der Waals surface area contributed by atoms with E-state index in [9.17, 15) is 16.4 Å². The molecule has 2 aliphatic heterocycles.